The first-order chi connectivity index (χ1) is 8.88. The van der Waals surface area contributed by atoms with Crippen molar-refractivity contribution >= 4 is 6.09 Å². The Morgan fingerprint density at radius 2 is 1.95 bits per heavy atom. The van der Waals surface area contributed by atoms with E-state index >= 15 is 0 Å². The predicted molar refractivity (Wildman–Crippen MR) is 76.8 cm³/mol. The monoisotopic (exact) mass is 264 g/mol. The van der Waals surface area contributed by atoms with E-state index in [0.29, 0.717) is 6.54 Å². The fourth-order valence-electron chi connectivity index (χ4n) is 1.69. The van der Waals surface area contributed by atoms with E-state index in [-0.39, 0.29) is 12.1 Å². The summed E-state index contributed by atoms with van der Waals surface area (Å²) in [6.45, 7) is 6.11. The molecule has 0 saturated heterocycles. The maximum Gasteiger partial charge on any atom is 0.407 e. The van der Waals surface area contributed by atoms with Crippen molar-refractivity contribution in [3.63, 3.8) is 0 Å². The highest BCUT2D eigenvalue weighted by atomic mass is 16.6. The van der Waals surface area contributed by atoms with Crippen LogP contribution in [-0.2, 0) is 4.74 Å². The minimum Gasteiger partial charge on any atom is -0.444 e. The minimum absolute atomic E-state index is 0.0154. The van der Waals surface area contributed by atoms with Crippen LogP contribution in [0.5, 0.6) is 0 Å². The summed E-state index contributed by atoms with van der Waals surface area (Å²) in [5.74, 6) is 0. The smallest absolute Gasteiger partial charge is 0.407 e. The molecule has 4 heteroatoms. The maximum atomic E-state index is 11.4. The van der Waals surface area contributed by atoms with E-state index < -0.39 is 5.60 Å². The first kappa shape index (κ1) is 15.5. The van der Waals surface area contributed by atoms with Crippen molar-refractivity contribution in [3.05, 3.63) is 35.9 Å². The van der Waals surface area contributed by atoms with Gasteiger partial charge < -0.3 is 15.8 Å². The number of nitrogens with one attached hydrogen (secondary N) is 1. The third kappa shape index (κ3) is 6.82. The number of hydrogen-bond acceptors (Lipinski definition) is 3. The van der Waals surface area contributed by atoms with Crippen LogP contribution in [0.1, 0.15) is 45.2 Å². The zero-order valence-corrected chi connectivity index (χ0v) is 12.0. The zero-order valence-electron chi connectivity index (χ0n) is 12.0. The first-order valence-electron chi connectivity index (χ1n) is 6.66. The third-order valence-electron chi connectivity index (χ3n) is 2.59. The number of alkyl carbamates (subject to hydrolysis) is 1. The summed E-state index contributed by atoms with van der Waals surface area (Å²) >= 11 is 0. The summed E-state index contributed by atoms with van der Waals surface area (Å²) in [4.78, 5) is 11.4. The molecule has 1 unspecified atom stereocenters. The molecule has 0 saturated carbocycles. The lowest BCUT2D eigenvalue weighted by molar-refractivity contribution is 0.0526. The fourth-order valence-corrected chi connectivity index (χ4v) is 1.69. The topological polar surface area (TPSA) is 64.3 Å². The van der Waals surface area contributed by atoms with Crippen LogP contribution in [0.2, 0.25) is 0 Å². The highest BCUT2D eigenvalue weighted by molar-refractivity contribution is 5.67. The lowest BCUT2D eigenvalue weighted by Gasteiger charge is -2.19. The molecule has 0 aromatic heterocycles. The van der Waals surface area contributed by atoms with Crippen LogP contribution < -0.4 is 11.1 Å². The molecule has 0 radical (unpaired) electrons. The van der Waals surface area contributed by atoms with Gasteiger partial charge in [0, 0.05) is 12.6 Å². The Hall–Kier alpha value is -1.55. The van der Waals surface area contributed by atoms with E-state index in [0.717, 1.165) is 18.4 Å². The normalized spacial score (nSPS) is 12.8. The SMILES string of the molecule is CC(C)(C)OC(=O)NCCCC(N)c1ccccc1. The van der Waals surface area contributed by atoms with E-state index in [9.17, 15) is 4.79 Å². The van der Waals surface area contributed by atoms with E-state index in [1.807, 2.05) is 51.1 Å². The van der Waals surface area contributed by atoms with Gasteiger partial charge in [0.2, 0.25) is 0 Å². The quantitative estimate of drug-likeness (QED) is 0.803. The van der Waals surface area contributed by atoms with Crippen molar-refractivity contribution in [2.45, 2.75) is 45.3 Å². The number of benzene rings is 1. The van der Waals surface area contributed by atoms with Gasteiger partial charge in [-0.05, 0) is 39.2 Å². The van der Waals surface area contributed by atoms with Crippen LogP contribution >= 0.6 is 0 Å². The Kier molecular flexibility index (Phi) is 5.83. The molecular formula is C15H24N2O2. The second-order valence-corrected chi connectivity index (χ2v) is 5.59. The van der Waals surface area contributed by atoms with Crippen LogP contribution in [0.4, 0.5) is 4.79 Å². The van der Waals surface area contributed by atoms with Gasteiger partial charge >= 0.3 is 6.09 Å². The van der Waals surface area contributed by atoms with Gasteiger partial charge in [-0.2, -0.15) is 0 Å². The standard InChI is InChI=1S/C15H24N2O2/c1-15(2,3)19-14(18)17-11-7-10-13(16)12-8-5-4-6-9-12/h4-6,8-9,13H,7,10-11,16H2,1-3H3,(H,17,18). The van der Waals surface area contributed by atoms with Gasteiger partial charge in [-0.1, -0.05) is 30.3 Å². The summed E-state index contributed by atoms with van der Waals surface area (Å²) in [7, 11) is 0. The van der Waals surface area contributed by atoms with Crippen molar-refractivity contribution in [2.24, 2.45) is 5.73 Å². The number of nitrogens with two attached hydrogens (primary N) is 1. The minimum atomic E-state index is -0.454. The molecule has 0 bridgehead atoms. The number of hydrogen-bond donors (Lipinski definition) is 2. The fraction of sp³-hybridized carbons (Fsp3) is 0.533. The Bertz CT molecular complexity index is 385. The maximum absolute atomic E-state index is 11.4. The molecule has 106 valence electrons. The summed E-state index contributed by atoms with van der Waals surface area (Å²) in [5.41, 5.74) is 6.74. The zero-order chi connectivity index (χ0) is 14.3. The average molecular weight is 264 g/mol. The van der Waals surface area contributed by atoms with Crippen molar-refractivity contribution in [1.29, 1.82) is 0 Å². The molecule has 19 heavy (non-hydrogen) atoms. The number of carbonyl (C=O) groups is 1. The first-order valence-corrected chi connectivity index (χ1v) is 6.66. The van der Waals surface area contributed by atoms with Crippen LogP contribution in [0.15, 0.2) is 30.3 Å². The highest BCUT2D eigenvalue weighted by Crippen LogP contribution is 2.14. The summed E-state index contributed by atoms with van der Waals surface area (Å²) in [5, 5.41) is 2.73. The van der Waals surface area contributed by atoms with Crippen molar-refractivity contribution < 1.29 is 9.53 Å². The molecule has 1 rings (SSSR count). The van der Waals surface area contributed by atoms with Gasteiger partial charge in [-0.15, -0.1) is 0 Å². The summed E-state index contributed by atoms with van der Waals surface area (Å²) in [6.07, 6.45) is 1.29. The number of carbonyl (C=O) groups excluding carboxylic acids is 1. The molecule has 0 fully saturated rings. The van der Waals surface area contributed by atoms with Crippen molar-refractivity contribution in [2.75, 3.05) is 6.54 Å². The molecule has 0 heterocycles. The Morgan fingerprint density at radius 3 is 2.53 bits per heavy atom. The molecule has 3 N–H and O–H groups in total. The van der Waals surface area contributed by atoms with E-state index in [1.54, 1.807) is 0 Å². The molecule has 4 nitrogen and oxygen atoms in total. The van der Waals surface area contributed by atoms with Crippen LogP contribution in [0.25, 0.3) is 0 Å². The van der Waals surface area contributed by atoms with Gasteiger partial charge in [-0.3, -0.25) is 0 Å². The van der Waals surface area contributed by atoms with Crippen LogP contribution in [0, 0.1) is 0 Å². The average Bonchev–Trinajstić information content (AvgIpc) is 2.33. The van der Waals surface area contributed by atoms with Gasteiger partial charge in [0.25, 0.3) is 0 Å². The Labute approximate surface area is 115 Å². The van der Waals surface area contributed by atoms with E-state index in [2.05, 4.69) is 5.32 Å². The second-order valence-electron chi connectivity index (χ2n) is 5.59. The van der Waals surface area contributed by atoms with Crippen molar-refractivity contribution in [1.82, 2.24) is 5.32 Å². The molecule has 1 aromatic rings. The molecular weight excluding hydrogens is 240 g/mol. The summed E-state index contributed by atoms with van der Waals surface area (Å²) < 4.78 is 5.15. The van der Waals surface area contributed by atoms with E-state index in [1.165, 1.54) is 0 Å². The Morgan fingerprint density at radius 1 is 1.32 bits per heavy atom. The second kappa shape index (κ2) is 7.14. The van der Waals surface area contributed by atoms with Crippen molar-refractivity contribution in [3.8, 4) is 0 Å². The molecule has 0 aliphatic carbocycles. The van der Waals surface area contributed by atoms with Gasteiger partial charge in [0.1, 0.15) is 5.60 Å². The third-order valence-corrected chi connectivity index (χ3v) is 2.59. The van der Waals surface area contributed by atoms with Gasteiger partial charge in [0.15, 0.2) is 0 Å². The Balaban J connectivity index is 2.19. The van der Waals surface area contributed by atoms with Gasteiger partial charge in [0.05, 0.1) is 0 Å². The van der Waals surface area contributed by atoms with Gasteiger partial charge in [-0.25, -0.2) is 4.79 Å². The number of amides is 1. The molecule has 1 amide bonds. The lowest BCUT2D eigenvalue weighted by Crippen LogP contribution is -2.33. The molecule has 1 aromatic carbocycles. The molecule has 0 aliphatic heterocycles. The largest absolute Gasteiger partial charge is 0.444 e. The highest BCUT2D eigenvalue weighted by Gasteiger charge is 2.15. The van der Waals surface area contributed by atoms with E-state index in [4.69, 9.17) is 10.5 Å². The number of rotatable bonds is 5. The van der Waals surface area contributed by atoms with Crippen LogP contribution in [-0.4, -0.2) is 18.2 Å². The number of ether oxygens (including phenoxy) is 1. The molecule has 1 atom stereocenters. The molecule has 0 spiro atoms. The predicted octanol–water partition coefficient (Wildman–Crippen LogP) is 2.99. The lowest BCUT2D eigenvalue weighted by atomic mass is 10.0. The summed E-state index contributed by atoms with van der Waals surface area (Å²) in [6, 6.07) is 9.99. The molecule has 0 aliphatic rings. The van der Waals surface area contributed by atoms with Crippen LogP contribution in [0.3, 0.4) is 0 Å².